The second kappa shape index (κ2) is 3.77. The first kappa shape index (κ1) is 9.77. The van der Waals surface area contributed by atoms with Crippen LogP contribution in [0.1, 0.15) is 30.9 Å². The quantitative estimate of drug-likeness (QED) is 0.886. The normalized spacial score (nSPS) is 16.4. The molecule has 0 aliphatic heterocycles. The number of hydrogen-bond acceptors (Lipinski definition) is 3. The summed E-state index contributed by atoms with van der Waals surface area (Å²) in [6, 6.07) is 1.87. The molecule has 14 heavy (non-hydrogen) atoms. The molecule has 76 valence electrons. The van der Waals surface area contributed by atoms with Crippen molar-refractivity contribution in [1.29, 1.82) is 0 Å². The van der Waals surface area contributed by atoms with Crippen LogP contribution in [0.2, 0.25) is 0 Å². The molecule has 1 heterocycles. The molecular formula is C10H13BrN2O. The van der Waals surface area contributed by atoms with Crippen molar-refractivity contribution in [2.45, 2.75) is 25.2 Å². The van der Waals surface area contributed by atoms with Crippen LogP contribution < -0.4 is 10.5 Å². The third-order valence-electron chi connectivity index (χ3n) is 2.68. The highest BCUT2D eigenvalue weighted by Gasteiger charge is 2.24. The second-order valence-corrected chi connectivity index (χ2v) is 4.44. The molecular weight excluding hydrogens is 244 g/mol. The molecule has 0 saturated heterocycles. The number of hydrogen-bond donors (Lipinski definition) is 1. The van der Waals surface area contributed by atoms with E-state index in [1.54, 1.807) is 7.11 Å². The number of nitrogens with zero attached hydrogens (tertiary/aromatic N) is 1. The third kappa shape index (κ3) is 1.59. The third-order valence-corrected chi connectivity index (χ3v) is 3.32. The lowest BCUT2D eigenvalue weighted by Gasteiger charge is -2.26. The van der Waals surface area contributed by atoms with Gasteiger partial charge >= 0.3 is 0 Å². The fourth-order valence-corrected chi connectivity index (χ4v) is 2.29. The van der Waals surface area contributed by atoms with E-state index in [2.05, 4.69) is 20.9 Å². The minimum absolute atomic E-state index is 0.537. The van der Waals surface area contributed by atoms with E-state index in [9.17, 15) is 0 Å². The highest BCUT2D eigenvalue weighted by atomic mass is 79.9. The first-order chi connectivity index (χ1) is 6.72. The van der Waals surface area contributed by atoms with Crippen molar-refractivity contribution in [2.24, 2.45) is 0 Å². The lowest BCUT2D eigenvalue weighted by Crippen LogP contribution is -2.12. The Morgan fingerprint density at radius 2 is 2.29 bits per heavy atom. The summed E-state index contributed by atoms with van der Waals surface area (Å²) in [5.41, 5.74) is 7.41. The number of anilines is 1. The Bertz CT molecular complexity index is 350. The molecule has 0 spiro atoms. The van der Waals surface area contributed by atoms with Crippen molar-refractivity contribution in [3.8, 4) is 5.88 Å². The molecule has 1 saturated carbocycles. The Labute approximate surface area is 91.8 Å². The second-order valence-electron chi connectivity index (χ2n) is 3.58. The number of ether oxygens (including phenoxy) is 1. The molecule has 1 aromatic rings. The lowest BCUT2D eigenvalue weighted by atomic mass is 9.83. The average Bonchev–Trinajstić information content (AvgIpc) is 2.06. The van der Waals surface area contributed by atoms with Crippen molar-refractivity contribution in [2.75, 3.05) is 12.8 Å². The summed E-state index contributed by atoms with van der Waals surface area (Å²) in [7, 11) is 1.59. The number of pyridine rings is 1. The number of halogens is 1. The van der Waals surface area contributed by atoms with E-state index in [1.807, 2.05) is 6.07 Å². The molecule has 1 aliphatic rings. The maximum absolute atomic E-state index is 5.74. The summed E-state index contributed by atoms with van der Waals surface area (Å²) >= 11 is 3.49. The van der Waals surface area contributed by atoms with Crippen molar-refractivity contribution in [3.63, 3.8) is 0 Å². The molecule has 4 heteroatoms. The zero-order valence-corrected chi connectivity index (χ0v) is 9.67. The number of aromatic nitrogens is 1. The van der Waals surface area contributed by atoms with Crippen molar-refractivity contribution < 1.29 is 4.74 Å². The van der Waals surface area contributed by atoms with Gasteiger partial charge in [0, 0.05) is 10.4 Å². The molecule has 1 aliphatic carbocycles. The maximum Gasteiger partial charge on any atom is 0.237 e. The molecule has 0 unspecified atom stereocenters. The van der Waals surface area contributed by atoms with Crippen LogP contribution in [0, 0.1) is 0 Å². The highest BCUT2D eigenvalue weighted by molar-refractivity contribution is 9.10. The van der Waals surface area contributed by atoms with Crippen molar-refractivity contribution in [3.05, 3.63) is 16.2 Å². The van der Waals surface area contributed by atoms with E-state index in [-0.39, 0.29) is 0 Å². The summed E-state index contributed by atoms with van der Waals surface area (Å²) in [5, 5.41) is 0. The van der Waals surface area contributed by atoms with Crippen LogP contribution in [0.4, 0.5) is 5.69 Å². The minimum atomic E-state index is 0.537. The van der Waals surface area contributed by atoms with Gasteiger partial charge in [0.05, 0.1) is 18.5 Å². The number of nitrogens with two attached hydrogens (primary N) is 1. The van der Waals surface area contributed by atoms with Gasteiger partial charge in [0.25, 0.3) is 0 Å². The van der Waals surface area contributed by atoms with Gasteiger partial charge in [0.1, 0.15) is 0 Å². The zero-order valence-electron chi connectivity index (χ0n) is 8.09. The molecule has 0 atom stereocenters. The van der Waals surface area contributed by atoms with Gasteiger partial charge in [0.2, 0.25) is 5.88 Å². The molecule has 0 amide bonds. The monoisotopic (exact) mass is 256 g/mol. The van der Waals surface area contributed by atoms with E-state index in [0.29, 0.717) is 17.5 Å². The summed E-state index contributed by atoms with van der Waals surface area (Å²) in [5.74, 6) is 1.12. The zero-order chi connectivity index (χ0) is 10.1. The van der Waals surface area contributed by atoms with Gasteiger partial charge in [-0.25, -0.2) is 4.98 Å². The first-order valence-electron chi connectivity index (χ1n) is 4.72. The van der Waals surface area contributed by atoms with Crippen LogP contribution in [-0.4, -0.2) is 12.1 Å². The standard InChI is InChI=1S/C10H13BrN2O/c1-14-10-8(12)5-7(11)9(13-10)6-3-2-4-6/h5-6H,2-4,12H2,1H3. The van der Waals surface area contributed by atoms with Gasteiger partial charge in [0.15, 0.2) is 0 Å². The number of rotatable bonds is 2. The van der Waals surface area contributed by atoms with Crippen LogP contribution in [0.15, 0.2) is 10.5 Å². The summed E-state index contributed by atoms with van der Waals surface area (Å²) in [6.45, 7) is 0. The Kier molecular flexibility index (Phi) is 2.63. The van der Waals surface area contributed by atoms with Crippen LogP contribution in [0.25, 0.3) is 0 Å². The number of nitrogen functional groups attached to an aromatic ring is 1. The van der Waals surface area contributed by atoms with Gasteiger partial charge in [-0.15, -0.1) is 0 Å². The Balaban J connectivity index is 2.38. The van der Waals surface area contributed by atoms with Gasteiger partial charge in [-0.2, -0.15) is 0 Å². The van der Waals surface area contributed by atoms with Gasteiger partial charge in [-0.05, 0) is 34.8 Å². The van der Waals surface area contributed by atoms with Crippen molar-refractivity contribution >= 4 is 21.6 Å². The molecule has 0 bridgehead atoms. The first-order valence-corrected chi connectivity index (χ1v) is 5.51. The van der Waals surface area contributed by atoms with Crippen LogP contribution in [0.3, 0.4) is 0 Å². The molecule has 2 N–H and O–H groups in total. The molecule has 2 rings (SSSR count). The topological polar surface area (TPSA) is 48.1 Å². The van der Waals surface area contributed by atoms with E-state index in [1.165, 1.54) is 19.3 Å². The average molecular weight is 257 g/mol. The highest BCUT2D eigenvalue weighted by Crippen LogP contribution is 2.40. The van der Waals surface area contributed by atoms with Crippen LogP contribution >= 0.6 is 15.9 Å². The van der Waals surface area contributed by atoms with E-state index < -0.39 is 0 Å². The van der Waals surface area contributed by atoms with Crippen LogP contribution in [-0.2, 0) is 0 Å². The molecule has 1 aromatic heterocycles. The predicted octanol–water partition coefficient (Wildman–Crippen LogP) is 2.70. The van der Waals surface area contributed by atoms with Crippen molar-refractivity contribution in [1.82, 2.24) is 4.98 Å². The van der Waals surface area contributed by atoms with E-state index in [4.69, 9.17) is 10.5 Å². The van der Waals surface area contributed by atoms with E-state index >= 15 is 0 Å². The van der Waals surface area contributed by atoms with Crippen LogP contribution in [0.5, 0.6) is 5.88 Å². The van der Waals surface area contributed by atoms with Gasteiger partial charge in [-0.3, -0.25) is 0 Å². The summed E-state index contributed by atoms with van der Waals surface area (Å²) in [6.07, 6.45) is 3.74. The Hall–Kier alpha value is -0.770. The lowest BCUT2D eigenvalue weighted by molar-refractivity contribution is 0.379. The van der Waals surface area contributed by atoms with Gasteiger partial charge in [-0.1, -0.05) is 6.42 Å². The molecule has 0 radical (unpaired) electrons. The maximum atomic E-state index is 5.74. The fourth-order valence-electron chi connectivity index (χ4n) is 1.63. The molecule has 3 nitrogen and oxygen atoms in total. The van der Waals surface area contributed by atoms with Gasteiger partial charge < -0.3 is 10.5 Å². The summed E-state index contributed by atoms with van der Waals surface area (Å²) in [4.78, 5) is 4.42. The Morgan fingerprint density at radius 3 is 2.79 bits per heavy atom. The van der Waals surface area contributed by atoms with E-state index in [0.717, 1.165) is 10.2 Å². The smallest absolute Gasteiger partial charge is 0.237 e. The predicted molar refractivity (Wildman–Crippen MR) is 59.5 cm³/mol. The molecule has 0 aromatic carbocycles. The minimum Gasteiger partial charge on any atom is -0.480 e. The number of methoxy groups -OCH3 is 1. The largest absolute Gasteiger partial charge is 0.480 e. The molecule has 1 fully saturated rings. The Morgan fingerprint density at radius 1 is 1.57 bits per heavy atom. The summed E-state index contributed by atoms with van der Waals surface area (Å²) < 4.78 is 6.10. The SMILES string of the molecule is COc1nc(C2CCC2)c(Br)cc1N. The fraction of sp³-hybridized carbons (Fsp3) is 0.500.